The van der Waals surface area contributed by atoms with Crippen molar-refractivity contribution in [1.29, 1.82) is 0 Å². The molecule has 2 atom stereocenters. The smallest absolute Gasteiger partial charge is 0.224 e. The van der Waals surface area contributed by atoms with Gasteiger partial charge in [-0.2, -0.15) is 0 Å². The van der Waals surface area contributed by atoms with Crippen molar-refractivity contribution >= 4 is 29.4 Å². The number of Topliss-reactive ketones (excluding diaryl/α,β-unsaturated/α-hetero) is 1. The number of rotatable bonds is 6. The van der Waals surface area contributed by atoms with E-state index in [9.17, 15) is 19.5 Å². The highest BCUT2D eigenvalue weighted by Crippen LogP contribution is 2.35. The monoisotopic (exact) mass is 356 g/mol. The Balaban J connectivity index is 2.07. The highest BCUT2D eigenvalue weighted by molar-refractivity contribution is 6.02. The minimum absolute atomic E-state index is 0.0970. The maximum atomic E-state index is 12.7. The van der Waals surface area contributed by atoms with E-state index in [1.165, 1.54) is 0 Å². The SMILES string of the molecule is CC(C)[C@@H]1CC[C@@H](C)C(=Cc2ccc(NC(=O)CCC(=O)[O-])cc2)C1=O. The number of amides is 1. The number of benzene rings is 1. The summed E-state index contributed by atoms with van der Waals surface area (Å²) in [6.45, 7) is 6.27. The molecule has 0 unspecified atom stereocenters. The van der Waals surface area contributed by atoms with Crippen molar-refractivity contribution in [2.45, 2.75) is 46.5 Å². The van der Waals surface area contributed by atoms with Crippen molar-refractivity contribution in [2.24, 2.45) is 17.8 Å². The molecular formula is C21H26NO4-. The van der Waals surface area contributed by atoms with Gasteiger partial charge in [0.15, 0.2) is 5.78 Å². The molecule has 0 saturated heterocycles. The van der Waals surface area contributed by atoms with Crippen LogP contribution in [0.4, 0.5) is 5.69 Å². The Bertz CT molecular complexity index is 703. The topological polar surface area (TPSA) is 86.3 Å². The molecule has 1 fully saturated rings. The standard InChI is InChI=1S/C21H27NO4/c1-13(2)17-9-4-14(3)18(21(17)26)12-15-5-7-16(8-6-15)22-19(23)10-11-20(24)25/h5-8,12-14,17H,4,9-11H2,1-3H3,(H,22,23)(H,24,25)/p-1/t14-,17+/m1/s1. The van der Waals surface area contributed by atoms with Crippen molar-refractivity contribution in [3.8, 4) is 0 Å². The van der Waals surface area contributed by atoms with Crippen molar-refractivity contribution < 1.29 is 19.5 Å². The largest absolute Gasteiger partial charge is 0.550 e. The molecule has 1 aromatic rings. The van der Waals surface area contributed by atoms with Crippen LogP contribution in [0.5, 0.6) is 0 Å². The lowest BCUT2D eigenvalue weighted by molar-refractivity contribution is -0.305. The molecule has 1 aromatic carbocycles. The van der Waals surface area contributed by atoms with Gasteiger partial charge in [-0.15, -0.1) is 0 Å². The summed E-state index contributed by atoms with van der Waals surface area (Å²) >= 11 is 0. The van der Waals surface area contributed by atoms with Crippen molar-refractivity contribution in [2.75, 3.05) is 5.32 Å². The maximum absolute atomic E-state index is 12.7. The van der Waals surface area contributed by atoms with Gasteiger partial charge in [0.25, 0.3) is 0 Å². The van der Waals surface area contributed by atoms with Crippen LogP contribution in [-0.2, 0) is 14.4 Å². The molecular weight excluding hydrogens is 330 g/mol. The first-order chi connectivity index (χ1) is 12.3. The summed E-state index contributed by atoms with van der Waals surface area (Å²) in [5, 5.41) is 13.0. The predicted octanol–water partition coefficient (Wildman–Crippen LogP) is 2.81. The number of hydrogen-bond donors (Lipinski definition) is 1. The average Bonchev–Trinajstić information content (AvgIpc) is 2.58. The normalized spacial score (nSPS) is 21.8. The summed E-state index contributed by atoms with van der Waals surface area (Å²) in [5.41, 5.74) is 2.39. The molecule has 0 heterocycles. The van der Waals surface area contributed by atoms with E-state index in [0.29, 0.717) is 11.6 Å². The molecule has 0 aliphatic heterocycles. The Labute approximate surface area is 154 Å². The molecule has 0 bridgehead atoms. The Hall–Kier alpha value is -2.43. The number of nitrogens with one attached hydrogen (secondary N) is 1. The van der Waals surface area contributed by atoms with Crippen LogP contribution in [0.3, 0.4) is 0 Å². The second-order valence-electron chi connectivity index (χ2n) is 7.34. The van der Waals surface area contributed by atoms with E-state index in [4.69, 9.17) is 0 Å². The fourth-order valence-corrected chi connectivity index (χ4v) is 3.30. The summed E-state index contributed by atoms with van der Waals surface area (Å²) in [4.78, 5) is 34.8. The molecule has 26 heavy (non-hydrogen) atoms. The molecule has 1 N–H and O–H groups in total. The first kappa shape index (κ1) is 19.9. The number of allylic oxidation sites excluding steroid dienone is 1. The third kappa shape index (κ3) is 5.28. The van der Waals surface area contributed by atoms with Crippen LogP contribution >= 0.6 is 0 Å². The second kappa shape index (κ2) is 8.79. The molecule has 1 aliphatic rings. The molecule has 0 spiro atoms. The zero-order valence-corrected chi connectivity index (χ0v) is 15.6. The molecule has 0 radical (unpaired) electrons. The molecule has 5 heteroatoms. The number of carboxylic acids is 1. The number of hydrogen-bond acceptors (Lipinski definition) is 4. The van der Waals surface area contributed by atoms with Crippen LogP contribution in [0.2, 0.25) is 0 Å². The number of ketones is 1. The lowest BCUT2D eigenvalue weighted by Crippen LogP contribution is -2.30. The fourth-order valence-electron chi connectivity index (χ4n) is 3.30. The molecule has 1 amide bonds. The number of carbonyl (C=O) groups excluding carboxylic acids is 3. The zero-order valence-electron chi connectivity index (χ0n) is 15.6. The zero-order chi connectivity index (χ0) is 19.3. The van der Waals surface area contributed by atoms with E-state index >= 15 is 0 Å². The van der Waals surface area contributed by atoms with E-state index in [-0.39, 0.29) is 36.4 Å². The first-order valence-electron chi connectivity index (χ1n) is 9.13. The number of carbonyl (C=O) groups is 3. The minimum Gasteiger partial charge on any atom is -0.550 e. The second-order valence-corrected chi connectivity index (χ2v) is 7.34. The van der Waals surface area contributed by atoms with Crippen LogP contribution in [0.25, 0.3) is 6.08 Å². The van der Waals surface area contributed by atoms with E-state index in [1.807, 2.05) is 18.2 Å². The van der Waals surface area contributed by atoms with Crippen LogP contribution in [0.15, 0.2) is 29.8 Å². The van der Waals surface area contributed by atoms with Gasteiger partial charge in [0, 0.05) is 24.0 Å². The van der Waals surface area contributed by atoms with Crippen molar-refractivity contribution in [1.82, 2.24) is 0 Å². The Morgan fingerprint density at radius 2 is 1.85 bits per heavy atom. The Morgan fingerprint density at radius 1 is 1.19 bits per heavy atom. The van der Waals surface area contributed by atoms with Gasteiger partial charge < -0.3 is 15.2 Å². The first-order valence-corrected chi connectivity index (χ1v) is 9.13. The van der Waals surface area contributed by atoms with Crippen LogP contribution in [0, 0.1) is 17.8 Å². The molecule has 140 valence electrons. The van der Waals surface area contributed by atoms with Crippen LogP contribution < -0.4 is 10.4 Å². The van der Waals surface area contributed by atoms with Gasteiger partial charge in [0.1, 0.15) is 0 Å². The Morgan fingerprint density at radius 3 is 2.42 bits per heavy atom. The third-order valence-electron chi connectivity index (χ3n) is 4.94. The fraction of sp³-hybridized carbons (Fsp3) is 0.476. The van der Waals surface area contributed by atoms with Crippen LogP contribution in [-0.4, -0.2) is 17.7 Å². The molecule has 5 nitrogen and oxygen atoms in total. The van der Waals surface area contributed by atoms with E-state index in [2.05, 4.69) is 26.1 Å². The van der Waals surface area contributed by atoms with Gasteiger partial charge in [0.2, 0.25) is 5.91 Å². The van der Waals surface area contributed by atoms with Crippen molar-refractivity contribution in [3.05, 3.63) is 35.4 Å². The van der Waals surface area contributed by atoms with Gasteiger partial charge in [0.05, 0.1) is 0 Å². The summed E-state index contributed by atoms with van der Waals surface area (Å²) in [5.74, 6) is -0.666. The van der Waals surface area contributed by atoms with E-state index in [0.717, 1.165) is 24.0 Å². The summed E-state index contributed by atoms with van der Waals surface area (Å²) in [6, 6.07) is 7.20. The van der Waals surface area contributed by atoms with Gasteiger partial charge in [-0.3, -0.25) is 9.59 Å². The number of carboxylic acid groups (broad SMARTS) is 1. The quantitative estimate of drug-likeness (QED) is 0.794. The minimum atomic E-state index is -1.24. The van der Waals surface area contributed by atoms with Gasteiger partial charge in [-0.1, -0.05) is 32.9 Å². The summed E-state index contributed by atoms with van der Waals surface area (Å²) < 4.78 is 0. The van der Waals surface area contributed by atoms with E-state index < -0.39 is 5.97 Å². The van der Waals surface area contributed by atoms with Gasteiger partial charge in [-0.05, 0) is 60.4 Å². The predicted molar refractivity (Wildman–Crippen MR) is 99.0 cm³/mol. The molecule has 1 aliphatic carbocycles. The van der Waals surface area contributed by atoms with Gasteiger partial charge in [-0.25, -0.2) is 0 Å². The third-order valence-corrected chi connectivity index (χ3v) is 4.94. The number of aliphatic carboxylic acids is 1. The summed E-state index contributed by atoms with van der Waals surface area (Å²) in [6.07, 6.45) is 3.51. The van der Waals surface area contributed by atoms with Gasteiger partial charge >= 0.3 is 0 Å². The highest BCUT2D eigenvalue weighted by atomic mass is 16.4. The van der Waals surface area contributed by atoms with Crippen molar-refractivity contribution in [3.63, 3.8) is 0 Å². The molecule has 2 rings (SSSR count). The highest BCUT2D eigenvalue weighted by Gasteiger charge is 2.32. The average molecular weight is 356 g/mol. The maximum Gasteiger partial charge on any atom is 0.224 e. The lowest BCUT2D eigenvalue weighted by Gasteiger charge is -2.30. The molecule has 1 saturated carbocycles. The van der Waals surface area contributed by atoms with Crippen LogP contribution in [0.1, 0.15) is 52.0 Å². The van der Waals surface area contributed by atoms with E-state index in [1.54, 1.807) is 12.1 Å². The molecule has 0 aromatic heterocycles. The number of anilines is 1. The Kier molecular flexibility index (Phi) is 6.72. The lowest BCUT2D eigenvalue weighted by atomic mass is 9.73. The summed E-state index contributed by atoms with van der Waals surface area (Å²) in [7, 11) is 0.